The molecule has 0 saturated carbocycles. The summed E-state index contributed by atoms with van der Waals surface area (Å²) in [6, 6.07) is 3.23. The lowest BCUT2D eigenvalue weighted by atomic mass is 9.86. The highest BCUT2D eigenvalue weighted by Gasteiger charge is 2.30. The number of nitrogens with zero attached hydrogens (tertiary/aromatic N) is 1. The summed E-state index contributed by atoms with van der Waals surface area (Å²) in [5, 5.41) is 3.00. The second-order valence-corrected chi connectivity index (χ2v) is 6.22. The Morgan fingerprint density at radius 1 is 1.35 bits per heavy atom. The van der Waals surface area contributed by atoms with Crippen LogP contribution >= 0.6 is 0 Å². The van der Waals surface area contributed by atoms with E-state index in [0.717, 1.165) is 29.7 Å². The van der Waals surface area contributed by atoms with Gasteiger partial charge >= 0.3 is 0 Å². The molecule has 0 radical (unpaired) electrons. The number of likely N-dealkylation sites (tertiary alicyclic amines) is 1. The molecule has 2 aliphatic heterocycles. The molecule has 0 spiro atoms. The van der Waals surface area contributed by atoms with Gasteiger partial charge in [0.05, 0.1) is 11.4 Å². The molecule has 6 heteroatoms. The van der Waals surface area contributed by atoms with E-state index in [-0.39, 0.29) is 23.3 Å². The highest BCUT2D eigenvalue weighted by atomic mass is 19.1. The van der Waals surface area contributed by atoms with Crippen LogP contribution in [0.25, 0.3) is 0 Å². The summed E-state index contributed by atoms with van der Waals surface area (Å²) in [4.78, 5) is 14.3. The average molecular weight is 319 g/mol. The maximum atomic E-state index is 13.7. The van der Waals surface area contributed by atoms with Gasteiger partial charge in [-0.25, -0.2) is 4.39 Å². The smallest absolute Gasteiger partial charge is 0.290 e. The maximum Gasteiger partial charge on any atom is 0.290 e. The van der Waals surface area contributed by atoms with Crippen LogP contribution in [0.1, 0.15) is 36.8 Å². The fraction of sp³-hybridized carbons (Fsp3) is 0.471. The standard InChI is InChI=1S/C17H22FN3O2/c1-10-7-15(19)14(18)8-13(10)12-3-5-21(6-4-12)17(22)16-11(2)20-9-23-16/h7-8,12,20H,3-6,9,19H2,1-2H3. The molecule has 1 saturated heterocycles. The van der Waals surface area contributed by atoms with E-state index in [0.29, 0.717) is 25.6 Å². The van der Waals surface area contributed by atoms with Crippen LogP contribution in [0.3, 0.4) is 0 Å². The molecule has 23 heavy (non-hydrogen) atoms. The number of halogens is 1. The molecule has 124 valence electrons. The van der Waals surface area contributed by atoms with Crippen LogP contribution in [0, 0.1) is 12.7 Å². The number of piperidine rings is 1. The largest absolute Gasteiger partial charge is 0.466 e. The van der Waals surface area contributed by atoms with Crippen LogP contribution in [0.4, 0.5) is 10.1 Å². The van der Waals surface area contributed by atoms with Crippen LogP contribution in [0.5, 0.6) is 0 Å². The highest BCUT2D eigenvalue weighted by Crippen LogP contribution is 2.32. The van der Waals surface area contributed by atoms with Gasteiger partial charge in [-0.1, -0.05) is 0 Å². The first-order valence-corrected chi connectivity index (χ1v) is 7.89. The highest BCUT2D eigenvalue weighted by molar-refractivity contribution is 5.92. The van der Waals surface area contributed by atoms with Crippen molar-refractivity contribution in [2.75, 3.05) is 25.6 Å². The Balaban J connectivity index is 1.68. The van der Waals surface area contributed by atoms with Gasteiger partial charge in [0, 0.05) is 13.1 Å². The topological polar surface area (TPSA) is 67.6 Å². The Hall–Kier alpha value is -2.24. The zero-order valence-corrected chi connectivity index (χ0v) is 13.5. The number of rotatable bonds is 2. The van der Waals surface area contributed by atoms with Gasteiger partial charge < -0.3 is 20.7 Å². The summed E-state index contributed by atoms with van der Waals surface area (Å²) in [5.41, 5.74) is 8.59. The number of benzene rings is 1. The van der Waals surface area contributed by atoms with Crippen molar-refractivity contribution in [3.05, 3.63) is 40.5 Å². The summed E-state index contributed by atoms with van der Waals surface area (Å²) >= 11 is 0. The summed E-state index contributed by atoms with van der Waals surface area (Å²) in [7, 11) is 0. The maximum absolute atomic E-state index is 13.7. The number of carbonyl (C=O) groups excluding carboxylic acids is 1. The van der Waals surface area contributed by atoms with Crippen LogP contribution in [0.15, 0.2) is 23.6 Å². The number of allylic oxidation sites excluding steroid dienone is 1. The number of ether oxygens (including phenoxy) is 1. The molecule has 1 aromatic rings. The molecular weight excluding hydrogens is 297 g/mol. The van der Waals surface area contributed by atoms with Crippen molar-refractivity contribution in [2.45, 2.75) is 32.6 Å². The van der Waals surface area contributed by atoms with Gasteiger partial charge in [-0.05, 0) is 55.9 Å². The Kier molecular flexibility index (Phi) is 4.15. The van der Waals surface area contributed by atoms with Gasteiger partial charge in [-0.2, -0.15) is 0 Å². The third-order valence-corrected chi connectivity index (χ3v) is 4.70. The molecule has 2 aliphatic rings. The molecule has 2 heterocycles. The van der Waals surface area contributed by atoms with E-state index in [1.807, 2.05) is 18.7 Å². The zero-order chi connectivity index (χ0) is 16.6. The lowest BCUT2D eigenvalue weighted by Gasteiger charge is -2.33. The van der Waals surface area contributed by atoms with Crippen molar-refractivity contribution < 1.29 is 13.9 Å². The van der Waals surface area contributed by atoms with E-state index in [1.54, 1.807) is 12.1 Å². The number of nitrogen functional groups attached to an aromatic ring is 1. The minimum Gasteiger partial charge on any atom is -0.466 e. The van der Waals surface area contributed by atoms with Gasteiger partial charge in [-0.3, -0.25) is 4.79 Å². The Bertz CT molecular complexity index is 664. The van der Waals surface area contributed by atoms with Gasteiger partial charge in [0.25, 0.3) is 5.91 Å². The van der Waals surface area contributed by atoms with Crippen molar-refractivity contribution in [1.82, 2.24) is 10.2 Å². The molecule has 3 rings (SSSR count). The molecule has 3 N–H and O–H groups in total. The number of nitrogens with one attached hydrogen (secondary N) is 1. The molecule has 0 atom stereocenters. The van der Waals surface area contributed by atoms with Crippen molar-refractivity contribution in [3.8, 4) is 0 Å². The summed E-state index contributed by atoms with van der Waals surface area (Å²) < 4.78 is 19.1. The Labute approximate surface area is 135 Å². The summed E-state index contributed by atoms with van der Waals surface area (Å²) in [6.45, 7) is 5.44. The zero-order valence-electron chi connectivity index (χ0n) is 13.5. The minimum absolute atomic E-state index is 0.0637. The van der Waals surface area contributed by atoms with Crippen LogP contribution < -0.4 is 11.1 Å². The summed E-state index contributed by atoms with van der Waals surface area (Å²) in [6.07, 6.45) is 1.63. The summed E-state index contributed by atoms with van der Waals surface area (Å²) in [5.74, 6) is 0.242. The Morgan fingerprint density at radius 3 is 2.65 bits per heavy atom. The number of amides is 1. The fourth-order valence-corrected chi connectivity index (χ4v) is 3.32. The lowest BCUT2D eigenvalue weighted by Crippen LogP contribution is -2.39. The molecule has 1 fully saturated rings. The third kappa shape index (κ3) is 2.98. The normalized spacial score (nSPS) is 18.8. The van der Waals surface area contributed by atoms with Crippen molar-refractivity contribution >= 4 is 11.6 Å². The van der Waals surface area contributed by atoms with Gasteiger partial charge in [0.2, 0.25) is 5.76 Å². The van der Waals surface area contributed by atoms with E-state index >= 15 is 0 Å². The third-order valence-electron chi connectivity index (χ3n) is 4.70. The Morgan fingerprint density at radius 2 is 2.04 bits per heavy atom. The van der Waals surface area contributed by atoms with Gasteiger partial charge in [0.15, 0.2) is 6.73 Å². The minimum atomic E-state index is -0.365. The second kappa shape index (κ2) is 6.10. The van der Waals surface area contributed by atoms with E-state index in [9.17, 15) is 9.18 Å². The predicted octanol–water partition coefficient (Wildman–Crippen LogP) is 2.23. The van der Waals surface area contributed by atoms with Crippen molar-refractivity contribution in [1.29, 1.82) is 0 Å². The first-order valence-electron chi connectivity index (χ1n) is 7.89. The van der Waals surface area contributed by atoms with E-state index in [1.165, 1.54) is 0 Å². The van der Waals surface area contributed by atoms with Crippen molar-refractivity contribution in [2.24, 2.45) is 0 Å². The molecule has 0 bridgehead atoms. The van der Waals surface area contributed by atoms with Crippen LogP contribution in [-0.2, 0) is 9.53 Å². The van der Waals surface area contributed by atoms with Gasteiger partial charge in [0.1, 0.15) is 5.82 Å². The fourth-order valence-electron chi connectivity index (χ4n) is 3.32. The average Bonchev–Trinajstić information content (AvgIpc) is 2.96. The van der Waals surface area contributed by atoms with E-state index in [2.05, 4.69) is 5.32 Å². The number of hydrogen-bond acceptors (Lipinski definition) is 4. The number of hydrogen-bond donors (Lipinski definition) is 2. The second-order valence-electron chi connectivity index (χ2n) is 6.22. The van der Waals surface area contributed by atoms with Crippen LogP contribution in [-0.4, -0.2) is 30.6 Å². The number of carbonyl (C=O) groups is 1. The molecular formula is C17H22FN3O2. The van der Waals surface area contributed by atoms with Gasteiger partial charge in [-0.15, -0.1) is 0 Å². The molecule has 1 aromatic carbocycles. The first-order chi connectivity index (χ1) is 11.0. The van der Waals surface area contributed by atoms with Crippen LogP contribution in [0.2, 0.25) is 0 Å². The monoisotopic (exact) mass is 319 g/mol. The van der Waals surface area contributed by atoms with Crippen molar-refractivity contribution in [3.63, 3.8) is 0 Å². The molecule has 0 aromatic heterocycles. The SMILES string of the molecule is CC1=C(C(=O)N2CCC(c3cc(F)c(N)cc3C)CC2)OCN1. The number of anilines is 1. The predicted molar refractivity (Wildman–Crippen MR) is 85.9 cm³/mol. The first kappa shape index (κ1) is 15.6. The molecule has 1 amide bonds. The lowest BCUT2D eigenvalue weighted by molar-refractivity contribution is -0.131. The number of aryl methyl sites for hydroxylation is 1. The molecule has 0 aliphatic carbocycles. The van der Waals surface area contributed by atoms with E-state index < -0.39 is 0 Å². The quantitative estimate of drug-likeness (QED) is 0.820. The number of nitrogens with two attached hydrogens (primary N) is 1. The van der Waals surface area contributed by atoms with E-state index in [4.69, 9.17) is 10.5 Å². The molecule has 0 unspecified atom stereocenters. The molecule has 5 nitrogen and oxygen atoms in total.